The van der Waals surface area contributed by atoms with E-state index in [4.69, 9.17) is 16.3 Å². The molecule has 0 atom stereocenters. The predicted octanol–water partition coefficient (Wildman–Crippen LogP) is 4.27. The van der Waals surface area contributed by atoms with E-state index >= 15 is 0 Å². The Bertz CT molecular complexity index is 546. The topological polar surface area (TPSA) is 34.2 Å². The van der Waals surface area contributed by atoms with Crippen molar-refractivity contribution in [1.82, 2.24) is 4.98 Å². The first-order valence-corrected chi connectivity index (χ1v) is 7.18. The van der Waals surface area contributed by atoms with Gasteiger partial charge < -0.3 is 10.1 Å². The molecule has 1 aromatic carbocycles. The monoisotopic (exact) mass is 290 g/mol. The molecule has 1 heterocycles. The summed E-state index contributed by atoms with van der Waals surface area (Å²) in [5, 5.41) is 4.04. The van der Waals surface area contributed by atoms with Crippen molar-refractivity contribution < 1.29 is 4.74 Å². The number of hydrogen-bond acceptors (Lipinski definition) is 3. The summed E-state index contributed by atoms with van der Waals surface area (Å²) in [6, 6.07) is 11.7. The molecule has 0 aliphatic carbocycles. The Morgan fingerprint density at radius 3 is 2.65 bits per heavy atom. The van der Waals surface area contributed by atoms with Crippen LogP contribution in [0.1, 0.15) is 24.5 Å². The van der Waals surface area contributed by atoms with Crippen LogP contribution >= 0.6 is 11.6 Å². The van der Waals surface area contributed by atoms with E-state index in [1.807, 2.05) is 36.4 Å². The zero-order chi connectivity index (χ0) is 14.2. The Morgan fingerprint density at radius 1 is 1.10 bits per heavy atom. The van der Waals surface area contributed by atoms with Crippen LogP contribution in [0.2, 0.25) is 5.02 Å². The summed E-state index contributed by atoms with van der Waals surface area (Å²) in [6.07, 6.45) is 2.85. The van der Waals surface area contributed by atoms with Gasteiger partial charge in [0.25, 0.3) is 0 Å². The maximum Gasteiger partial charge on any atom is 0.131 e. The number of nitrogens with zero attached hydrogens (tertiary/aromatic N) is 1. The average molecular weight is 291 g/mol. The van der Waals surface area contributed by atoms with E-state index in [1.54, 1.807) is 6.20 Å². The molecule has 106 valence electrons. The van der Waals surface area contributed by atoms with E-state index in [0.29, 0.717) is 13.2 Å². The van der Waals surface area contributed by atoms with E-state index < -0.39 is 0 Å². The van der Waals surface area contributed by atoms with Crippen LogP contribution in [0.5, 0.6) is 0 Å². The standard InChI is InChI=1S/C16H19ClN2O/c1-2-9-18-16-14(7-5-10-19-16)12-20-11-13-6-3-4-8-15(13)17/h3-8,10H,2,9,11-12H2,1H3,(H,18,19). The molecule has 1 aromatic heterocycles. The highest BCUT2D eigenvalue weighted by atomic mass is 35.5. The van der Waals surface area contributed by atoms with Crippen molar-refractivity contribution >= 4 is 17.4 Å². The van der Waals surface area contributed by atoms with Crippen molar-refractivity contribution in [3.63, 3.8) is 0 Å². The third-order valence-corrected chi connectivity index (χ3v) is 3.28. The first-order valence-electron chi connectivity index (χ1n) is 6.80. The van der Waals surface area contributed by atoms with Gasteiger partial charge in [0.05, 0.1) is 13.2 Å². The van der Waals surface area contributed by atoms with Crippen LogP contribution in [0.4, 0.5) is 5.82 Å². The van der Waals surface area contributed by atoms with Gasteiger partial charge in [-0.2, -0.15) is 0 Å². The quantitative estimate of drug-likeness (QED) is 0.827. The number of hydrogen-bond donors (Lipinski definition) is 1. The molecule has 2 rings (SSSR count). The van der Waals surface area contributed by atoms with Crippen molar-refractivity contribution in [2.45, 2.75) is 26.6 Å². The van der Waals surface area contributed by atoms with Crippen molar-refractivity contribution in [2.75, 3.05) is 11.9 Å². The fraction of sp³-hybridized carbons (Fsp3) is 0.312. The lowest BCUT2D eigenvalue weighted by Gasteiger charge is -2.11. The number of nitrogens with one attached hydrogen (secondary N) is 1. The maximum absolute atomic E-state index is 6.10. The minimum atomic E-state index is 0.502. The second-order valence-corrected chi connectivity index (χ2v) is 4.93. The molecule has 20 heavy (non-hydrogen) atoms. The summed E-state index contributed by atoms with van der Waals surface area (Å²) in [5.41, 5.74) is 2.06. The van der Waals surface area contributed by atoms with Crippen LogP contribution < -0.4 is 5.32 Å². The molecule has 2 aromatic rings. The summed E-state index contributed by atoms with van der Waals surface area (Å²) in [4.78, 5) is 4.34. The fourth-order valence-corrected chi connectivity index (χ4v) is 2.03. The molecule has 1 N–H and O–H groups in total. The van der Waals surface area contributed by atoms with Gasteiger partial charge in [0.2, 0.25) is 0 Å². The highest BCUT2D eigenvalue weighted by Gasteiger charge is 2.04. The molecule has 0 saturated heterocycles. The number of rotatable bonds is 7. The van der Waals surface area contributed by atoms with E-state index in [2.05, 4.69) is 17.2 Å². The third kappa shape index (κ3) is 4.22. The highest BCUT2D eigenvalue weighted by Crippen LogP contribution is 2.18. The number of pyridine rings is 1. The highest BCUT2D eigenvalue weighted by molar-refractivity contribution is 6.31. The molecule has 0 spiro atoms. The lowest BCUT2D eigenvalue weighted by atomic mass is 10.2. The molecular weight excluding hydrogens is 272 g/mol. The maximum atomic E-state index is 6.10. The lowest BCUT2D eigenvalue weighted by Crippen LogP contribution is -2.06. The SMILES string of the molecule is CCCNc1ncccc1COCc1ccccc1Cl. The molecule has 0 unspecified atom stereocenters. The number of ether oxygens (including phenoxy) is 1. The molecular formula is C16H19ClN2O. The predicted molar refractivity (Wildman–Crippen MR) is 83.0 cm³/mol. The van der Waals surface area contributed by atoms with Gasteiger partial charge in [-0.25, -0.2) is 4.98 Å². The summed E-state index contributed by atoms with van der Waals surface area (Å²) >= 11 is 6.10. The van der Waals surface area contributed by atoms with E-state index in [0.717, 1.165) is 34.9 Å². The largest absolute Gasteiger partial charge is 0.372 e. The van der Waals surface area contributed by atoms with Crippen LogP contribution in [0, 0.1) is 0 Å². The van der Waals surface area contributed by atoms with Gasteiger partial charge >= 0.3 is 0 Å². The van der Waals surface area contributed by atoms with Gasteiger partial charge in [-0.1, -0.05) is 42.8 Å². The van der Waals surface area contributed by atoms with Gasteiger partial charge in [0.1, 0.15) is 5.82 Å². The Hall–Kier alpha value is -1.58. The van der Waals surface area contributed by atoms with Crippen LogP contribution in [0.15, 0.2) is 42.6 Å². The van der Waals surface area contributed by atoms with E-state index in [1.165, 1.54) is 0 Å². The van der Waals surface area contributed by atoms with Crippen molar-refractivity contribution in [3.05, 3.63) is 58.7 Å². The first-order chi connectivity index (χ1) is 9.81. The number of benzene rings is 1. The summed E-state index contributed by atoms with van der Waals surface area (Å²) in [7, 11) is 0. The van der Waals surface area contributed by atoms with E-state index in [9.17, 15) is 0 Å². The van der Waals surface area contributed by atoms with E-state index in [-0.39, 0.29) is 0 Å². The molecule has 3 nitrogen and oxygen atoms in total. The van der Waals surface area contributed by atoms with Crippen LogP contribution in [-0.2, 0) is 18.0 Å². The Balaban J connectivity index is 1.92. The molecule has 0 bridgehead atoms. The Morgan fingerprint density at radius 2 is 1.85 bits per heavy atom. The first kappa shape index (κ1) is 14.8. The number of anilines is 1. The van der Waals surface area contributed by atoms with Crippen molar-refractivity contribution in [2.24, 2.45) is 0 Å². The van der Waals surface area contributed by atoms with Gasteiger partial charge in [0.15, 0.2) is 0 Å². The van der Waals surface area contributed by atoms with Crippen molar-refractivity contribution in [1.29, 1.82) is 0 Å². The van der Waals surface area contributed by atoms with Gasteiger partial charge in [-0.3, -0.25) is 0 Å². The molecule has 0 fully saturated rings. The average Bonchev–Trinajstić information content (AvgIpc) is 2.48. The minimum Gasteiger partial charge on any atom is -0.372 e. The van der Waals surface area contributed by atoms with Gasteiger partial charge in [-0.15, -0.1) is 0 Å². The van der Waals surface area contributed by atoms with Gasteiger partial charge in [0, 0.05) is 23.3 Å². The van der Waals surface area contributed by atoms with Crippen LogP contribution in [-0.4, -0.2) is 11.5 Å². The Kier molecular flexibility index (Phi) is 5.84. The molecule has 0 radical (unpaired) electrons. The smallest absolute Gasteiger partial charge is 0.131 e. The van der Waals surface area contributed by atoms with Crippen molar-refractivity contribution in [3.8, 4) is 0 Å². The zero-order valence-electron chi connectivity index (χ0n) is 11.6. The minimum absolute atomic E-state index is 0.502. The zero-order valence-corrected chi connectivity index (χ0v) is 12.4. The van der Waals surface area contributed by atoms with Crippen LogP contribution in [0.3, 0.4) is 0 Å². The fourth-order valence-electron chi connectivity index (χ4n) is 1.84. The summed E-state index contributed by atoms with van der Waals surface area (Å²) < 4.78 is 5.74. The summed E-state index contributed by atoms with van der Waals surface area (Å²) in [6.45, 7) is 4.06. The molecule has 0 saturated carbocycles. The molecule has 0 aliphatic rings. The second kappa shape index (κ2) is 7.88. The lowest BCUT2D eigenvalue weighted by molar-refractivity contribution is 0.107. The Labute approximate surface area is 124 Å². The number of halogens is 1. The number of aromatic nitrogens is 1. The molecule has 0 amide bonds. The third-order valence-electron chi connectivity index (χ3n) is 2.91. The second-order valence-electron chi connectivity index (χ2n) is 4.52. The normalized spacial score (nSPS) is 10.5. The molecule has 4 heteroatoms. The van der Waals surface area contributed by atoms with Crippen LogP contribution in [0.25, 0.3) is 0 Å². The summed E-state index contributed by atoms with van der Waals surface area (Å²) in [5.74, 6) is 0.897. The molecule has 0 aliphatic heterocycles. The van der Waals surface area contributed by atoms with Gasteiger partial charge in [-0.05, 0) is 24.1 Å².